The van der Waals surface area contributed by atoms with Gasteiger partial charge in [0.05, 0.1) is 18.3 Å². The van der Waals surface area contributed by atoms with E-state index in [1.807, 2.05) is 36.6 Å². The molecule has 1 saturated heterocycles. The number of aryl methyl sites for hydroxylation is 2. The maximum absolute atomic E-state index is 8.89. The van der Waals surface area contributed by atoms with E-state index in [0.29, 0.717) is 6.54 Å². The molecular formula is C20H22N6. The first-order valence-electron chi connectivity index (χ1n) is 8.94. The van der Waals surface area contributed by atoms with Gasteiger partial charge in [0.15, 0.2) is 5.65 Å². The molecule has 1 aromatic carbocycles. The molecule has 1 aliphatic rings. The topological polar surface area (TPSA) is 60.5 Å². The van der Waals surface area contributed by atoms with Gasteiger partial charge in [-0.05, 0) is 19.4 Å². The van der Waals surface area contributed by atoms with Crippen molar-refractivity contribution in [2.45, 2.75) is 13.8 Å². The molecule has 0 bridgehead atoms. The monoisotopic (exact) mass is 346 g/mol. The summed E-state index contributed by atoms with van der Waals surface area (Å²) in [5.41, 5.74) is 5.12. The number of nitriles is 1. The second kappa shape index (κ2) is 6.77. The van der Waals surface area contributed by atoms with Crippen molar-refractivity contribution < 1.29 is 0 Å². The van der Waals surface area contributed by atoms with Gasteiger partial charge >= 0.3 is 0 Å². The van der Waals surface area contributed by atoms with Crippen LogP contribution in [0.4, 0.5) is 5.82 Å². The largest absolute Gasteiger partial charge is 0.354 e. The van der Waals surface area contributed by atoms with Crippen molar-refractivity contribution >= 4 is 11.5 Å². The van der Waals surface area contributed by atoms with Crippen molar-refractivity contribution in [1.29, 1.82) is 5.26 Å². The molecule has 0 amide bonds. The molecule has 3 heterocycles. The fourth-order valence-electron chi connectivity index (χ4n) is 3.63. The van der Waals surface area contributed by atoms with Crippen molar-refractivity contribution in [3.63, 3.8) is 0 Å². The fraction of sp³-hybridized carbons (Fsp3) is 0.350. The zero-order chi connectivity index (χ0) is 18.1. The van der Waals surface area contributed by atoms with Crippen LogP contribution in [0.2, 0.25) is 0 Å². The predicted octanol–water partition coefficient (Wildman–Crippen LogP) is 2.66. The lowest BCUT2D eigenvalue weighted by atomic mass is 10.1. The van der Waals surface area contributed by atoms with Gasteiger partial charge in [-0.15, -0.1) is 0 Å². The molecule has 6 heteroatoms. The molecule has 0 aliphatic carbocycles. The Morgan fingerprint density at radius 2 is 1.81 bits per heavy atom. The minimum atomic E-state index is 0.498. The van der Waals surface area contributed by atoms with Gasteiger partial charge in [0.25, 0.3) is 0 Å². The zero-order valence-corrected chi connectivity index (χ0v) is 15.2. The Morgan fingerprint density at radius 1 is 1.08 bits per heavy atom. The average Bonchev–Trinajstić information content (AvgIpc) is 2.98. The molecule has 0 unspecified atom stereocenters. The Morgan fingerprint density at radius 3 is 2.50 bits per heavy atom. The van der Waals surface area contributed by atoms with E-state index in [4.69, 9.17) is 15.3 Å². The van der Waals surface area contributed by atoms with E-state index in [9.17, 15) is 0 Å². The molecule has 1 aliphatic heterocycles. The third kappa shape index (κ3) is 2.91. The minimum absolute atomic E-state index is 0.498. The fourth-order valence-corrected chi connectivity index (χ4v) is 3.63. The molecule has 0 radical (unpaired) electrons. The molecule has 0 N–H and O–H groups in total. The summed E-state index contributed by atoms with van der Waals surface area (Å²) in [4.78, 5) is 9.32. The second-order valence-electron chi connectivity index (χ2n) is 6.74. The third-order valence-corrected chi connectivity index (χ3v) is 4.93. The van der Waals surface area contributed by atoms with E-state index in [1.54, 1.807) is 0 Å². The van der Waals surface area contributed by atoms with Crippen LogP contribution in [0.3, 0.4) is 0 Å². The molecule has 4 rings (SSSR count). The highest BCUT2D eigenvalue weighted by atomic mass is 15.4. The summed E-state index contributed by atoms with van der Waals surface area (Å²) in [6.07, 6.45) is 0. The van der Waals surface area contributed by atoms with E-state index in [-0.39, 0.29) is 0 Å². The van der Waals surface area contributed by atoms with Crippen molar-refractivity contribution in [2.75, 3.05) is 37.6 Å². The lowest BCUT2D eigenvalue weighted by Gasteiger charge is -2.34. The van der Waals surface area contributed by atoms with Crippen LogP contribution in [0.15, 0.2) is 36.4 Å². The van der Waals surface area contributed by atoms with Crippen LogP contribution in [0.25, 0.3) is 16.8 Å². The number of aromatic nitrogens is 3. The second-order valence-corrected chi connectivity index (χ2v) is 6.74. The van der Waals surface area contributed by atoms with Gasteiger partial charge in [-0.2, -0.15) is 14.9 Å². The van der Waals surface area contributed by atoms with Gasteiger partial charge in [-0.3, -0.25) is 4.90 Å². The average molecular weight is 346 g/mol. The van der Waals surface area contributed by atoms with Gasteiger partial charge in [0, 0.05) is 43.5 Å². The maximum atomic E-state index is 8.89. The number of nitrogens with zero attached hydrogens (tertiary/aromatic N) is 6. The van der Waals surface area contributed by atoms with Crippen LogP contribution in [0.5, 0.6) is 0 Å². The molecule has 132 valence electrons. The van der Waals surface area contributed by atoms with Crippen LogP contribution in [-0.2, 0) is 0 Å². The van der Waals surface area contributed by atoms with E-state index in [1.165, 1.54) is 0 Å². The lowest BCUT2D eigenvalue weighted by molar-refractivity contribution is 0.286. The van der Waals surface area contributed by atoms with E-state index in [0.717, 1.165) is 60.2 Å². The lowest BCUT2D eigenvalue weighted by Crippen LogP contribution is -2.47. The van der Waals surface area contributed by atoms with Crippen LogP contribution in [0.1, 0.15) is 11.4 Å². The summed E-state index contributed by atoms with van der Waals surface area (Å²) in [6.45, 7) is 8.13. The summed E-state index contributed by atoms with van der Waals surface area (Å²) in [5, 5.41) is 13.7. The quantitative estimate of drug-likeness (QED) is 0.682. The van der Waals surface area contributed by atoms with Gasteiger partial charge < -0.3 is 4.90 Å². The molecular weight excluding hydrogens is 324 g/mol. The smallest absolute Gasteiger partial charge is 0.165 e. The van der Waals surface area contributed by atoms with Gasteiger partial charge in [-0.25, -0.2) is 4.98 Å². The molecule has 3 aromatic rings. The van der Waals surface area contributed by atoms with Gasteiger partial charge in [0.2, 0.25) is 0 Å². The first-order chi connectivity index (χ1) is 12.7. The number of hydrogen-bond acceptors (Lipinski definition) is 5. The van der Waals surface area contributed by atoms with Crippen LogP contribution in [-0.4, -0.2) is 52.2 Å². The number of rotatable bonds is 3. The van der Waals surface area contributed by atoms with Gasteiger partial charge in [0.1, 0.15) is 5.82 Å². The highest BCUT2D eigenvalue weighted by Crippen LogP contribution is 2.30. The number of fused-ring (bicyclic) bond motifs is 1. The van der Waals surface area contributed by atoms with Crippen molar-refractivity contribution in [2.24, 2.45) is 0 Å². The van der Waals surface area contributed by atoms with Crippen molar-refractivity contribution in [1.82, 2.24) is 19.5 Å². The number of benzene rings is 1. The maximum Gasteiger partial charge on any atom is 0.165 e. The highest BCUT2D eigenvalue weighted by molar-refractivity contribution is 5.81. The summed E-state index contributed by atoms with van der Waals surface area (Å²) >= 11 is 0. The molecule has 6 nitrogen and oxygen atoms in total. The first kappa shape index (κ1) is 16.6. The highest BCUT2D eigenvalue weighted by Gasteiger charge is 2.22. The van der Waals surface area contributed by atoms with E-state index < -0.39 is 0 Å². The molecule has 1 fully saturated rings. The Bertz CT molecular complexity index is 961. The molecule has 26 heavy (non-hydrogen) atoms. The molecule has 0 atom stereocenters. The number of hydrogen-bond donors (Lipinski definition) is 0. The number of anilines is 1. The Labute approximate surface area is 153 Å². The van der Waals surface area contributed by atoms with Crippen molar-refractivity contribution in [3.8, 4) is 17.2 Å². The van der Waals surface area contributed by atoms with Crippen molar-refractivity contribution in [3.05, 3.63) is 47.8 Å². The first-order valence-corrected chi connectivity index (χ1v) is 8.94. The zero-order valence-electron chi connectivity index (χ0n) is 15.2. The summed E-state index contributed by atoms with van der Waals surface area (Å²) in [5.74, 6) is 1.08. The SMILES string of the molecule is Cc1cc(N2CCN(CC#N)CC2)n2nc(C)c(-c3ccccc3)c2n1. The number of piperazine rings is 1. The van der Waals surface area contributed by atoms with E-state index in [2.05, 4.69) is 34.1 Å². The minimum Gasteiger partial charge on any atom is -0.354 e. The Hall–Kier alpha value is -2.91. The summed E-state index contributed by atoms with van der Waals surface area (Å²) in [7, 11) is 0. The molecule has 2 aromatic heterocycles. The van der Waals surface area contributed by atoms with Crippen LogP contribution >= 0.6 is 0 Å². The molecule has 0 spiro atoms. The normalized spacial score (nSPS) is 15.3. The van der Waals surface area contributed by atoms with Crippen LogP contribution in [0, 0.1) is 25.2 Å². The van der Waals surface area contributed by atoms with Gasteiger partial charge in [-0.1, -0.05) is 30.3 Å². The summed E-state index contributed by atoms with van der Waals surface area (Å²) in [6, 6.07) is 14.7. The predicted molar refractivity (Wildman–Crippen MR) is 102 cm³/mol. The molecule has 0 saturated carbocycles. The van der Waals surface area contributed by atoms with E-state index >= 15 is 0 Å². The van der Waals surface area contributed by atoms with Crippen LogP contribution < -0.4 is 4.90 Å². The standard InChI is InChI=1S/C20H22N6/c1-15-14-18(25-12-10-24(9-8-21)11-13-25)26-20(22-15)19(16(2)23-26)17-6-4-3-5-7-17/h3-7,14H,9-13H2,1-2H3. The summed E-state index contributed by atoms with van der Waals surface area (Å²) < 4.78 is 1.98. The Balaban J connectivity index is 1.77. The third-order valence-electron chi connectivity index (χ3n) is 4.93. The Kier molecular flexibility index (Phi) is 4.31.